The molecule has 3 rings (SSSR count). The second-order valence-corrected chi connectivity index (χ2v) is 7.31. The maximum absolute atomic E-state index is 11.8. The van der Waals surface area contributed by atoms with Gasteiger partial charge in [0.25, 0.3) is 5.91 Å². The number of aromatic nitrogens is 2. The van der Waals surface area contributed by atoms with Crippen LogP contribution in [0.15, 0.2) is 43.1 Å². The fourth-order valence-corrected chi connectivity index (χ4v) is 3.50. The number of carbonyl (C=O) groups is 2. The normalized spacial score (nSPS) is 20.7. The molecular formula is C21H26N6O2. The Morgan fingerprint density at radius 3 is 2.55 bits per heavy atom. The van der Waals surface area contributed by atoms with E-state index in [2.05, 4.69) is 39.4 Å². The van der Waals surface area contributed by atoms with E-state index in [-0.39, 0.29) is 29.6 Å². The minimum Gasteiger partial charge on any atom is -0.366 e. The molecule has 152 valence electrons. The van der Waals surface area contributed by atoms with Gasteiger partial charge < -0.3 is 21.7 Å². The number of hydrogen-bond acceptors (Lipinski definition) is 6. The third kappa shape index (κ3) is 4.90. The molecule has 1 aromatic carbocycles. The van der Waals surface area contributed by atoms with Crippen molar-refractivity contribution in [3.05, 3.63) is 54.4 Å². The largest absolute Gasteiger partial charge is 0.366 e. The third-order valence-corrected chi connectivity index (χ3v) is 5.22. The maximum Gasteiger partial charge on any atom is 0.271 e. The highest BCUT2D eigenvalue weighted by Crippen LogP contribution is 2.29. The quantitative estimate of drug-likeness (QED) is 0.535. The summed E-state index contributed by atoms with van der Waals surface area (Å²) in [6.07, 6.45) is 4.52. The lowest BCUT2D eigenvalue weighted by atomic mass is 10.0. The van der Waals surface area contributed by atoms with Crippen molar-refractivity contribution in [1.29, 1.82) is 0 Å². The van der Waals surface area contributed by atoms with Crippen molar-refractivity contribution in [2.24, 2.45) is 11.7 Å². The Hall–Kier alpha value is -3.42. The fourth-order valence-electron chi connectivity index (χ4n) is 3.50. The number of nitrogens with two attached hydrogens (primary N) is 1. The lowest BCUT2D eigenvalue weighted by Gasteiger charge is -2.23. The highest BCUT2D eigenvalue weighted by molar-refractivity contribution is 5.96. The van der Waals surface area contributed by atoms with Gasteiger partial charge in [0.05, 0.1) is 6.20 Å². The summed E-state index contributed by atoms with van der Waals surface area (Å²) in [4.78, 5) is 32.1. The lowest BCUT2D eigenvalue weighted by Crippen LogP contribution is -2.39. The van der Waals surface area contributed by atoms with E-state index in [1.165, 1.54) is 12.3 Å². The van der Waals surface area contributed by atoms with Gasteiger partial charge in [0, 0.05) is 17.8 Å². The topological polar surface area (TPSA) is 122 Å². The zero-order valence-electron chi connectivity index (χ0n) is 16.6. The van der Waals surface area contributed by atoms with E-state index in [1.54, 1.807) is 0 Å². The molecule has 0 spiro atoms. The first-order valence-electron chi connectivity index (χ1n) is 9.57. The number of hydrogen-bond donors (Lipinski definition) is 4. The molecule has 3 atom stereocenters. The lowest BCUT2D eigenvalue weighted by molar-refractivity contribution is -0.117. The fraction of sp³-hybridized carbons (Fsp3) is 0.333. The average molecular weight is 394 g/mol. The van der Waals surface area contributed by atoms with Crippen LogP contribution in [0.25, 0.3) is 0 Å². The summed E-state index contributed by atoms with van der Waals surface area (Å²) in [7, 11) is 0. The average Bonchev–Trinajstić information content (AvgIpc) is 3.03. The van der Waals surface area contributed by atoms with E-state index in [1.807, 2.05) is 31.2 Å². The van der Waals surface area contributed by atoms with E-state index >= 15 is 0 Å². The van der Waals surface area contributed by atoms with Crippen LogP contribution in [0.5, 0.6) is 0 Å². The molecule has 1 aromatic heterocycles. The molecule has 8 nitrogen and oxygen atoms in total. The molecule has 0 bridgehead atoms. The summed E-state index contributed by atoms with van der Waals surface area (Å²) in [6.45, 7) is 7.57. The number of aryl methyl sites for hydroxylation is 1. The van der Waals surface area contributed by atoms with E-state index in [0.717, 1.165) is 24.1 Å². The molecule has 1 heterocycles. The molecule has 29 heavy (non-hydrogen) atoms. The maximum atomic E-state index is 11.8. The Kier molecular flexibility index (Phi) is 6.11. The third-order valence-electron chi connectivity index (χ3n) is 5.22. The number of anilines is 3. The van der Waals surface area contributed by atoms with Crippen LogP contribution in [0.4, 0.5) is 17.3 Å². The smallest absolute Gasteiger partial charge is 0.271 e. The van der Waals surface area contributed by atoms with Crippen LogP contribution >= 0.6 is 0 Å². The van der Waals surface area contributed by atoms with E-state index in [0.29, 0.717) is 11.6 Å². The Balaban J connectivity index is 1.76. The molecule has 5 N–H and O–H groups in total. The van der Waals surface area contributed by atoms with Crippen LogP contribution in [0.1, 0.15) is 35.8 Å². The van der Waals surface area contributed by atoms with Gasteiger partial charge in [0.2, 0.25) is 5.91 Å². The molecule has 1 saturated carbocycles. The van der Waals surface area contributed by atoms with Gasteiger partial charge in [-0.25, -0.2) is 9.97 Å². The molecule has 0 radical (unpaired) electrons. The highest BCUT2D eigenvalue weighted by atomic mass is 16.2. The molecule has 2 aromatic rings. The Labute approximate surface area is 170 Å². The zero-order chi connectivity index (χ0) is 21.0. The van der Waals surface area contributed by atoms with Crippen LogP contribution in [0.3, 0.4) is 0 Å². The van der Waals surface area contributed by atoms with Crippen molar-refractivity contribution in [1.82, 2.24) is 15.3 Å². The summed E-state index contributed by atoms with van der Waals surface area (Å²) in [5, 5.41) is 9.45. The number of amides is 2. The van der Waals surface area contributed by atoms with Crippen molar-refractivity contribution in [2.75, 3.05) is 10.6 Å². The predicted octanol–water partition coefficient (Wildman–Crippen LogP) is 2.51. The van der Waals surface area contributed by atoms with Crippen LogP contribution < -0.4 is 21.7 Å². The van der Waals surface area contributed by atoms with E-state index < -0.39 is 5.91 Å². The Morgan fingerprint density at radius 2 is 1.90 bits per heavy atom. The summed E-state index contributed by atoms with van der Waals surface area (Å²) < 4.78 is 0. The van der Waals surface area contributed by atoms with E-state index in [9.17, 15) is 9.59 Å². The summed E-state index contributed by atoms with van der Waals surface area (Å²) in [5.74, 6) is 0.216. The van der Waals surface area contributed by atoms with Crippen molar-refractivity contribution in [3.8, 4) is 0 Å². The monoisotopic (exact) mass is 394 g/mol. The van der Waals surface area contributed by atoms with Crippen LogP contribution in [0.2, 0.25) is 0 Å². The van der Waals surface area contributed by atoms with Crippen LogP contribution in [-0.2, 0) is 4.79 Å². The molecule has 2 amide bonds. The van der Waals surface area contributed by atoms with Crippen molar-refractivity contribution in [2.45, 2.75) is 38.8 Å². The molecule has 1 fully saturated rings. The number of nitrogens with one attached hydrogen (secondary N) is 3. The molecule has 0 aliphatic heterocycles. The number of rotatable bonds is 7. The summed E-state index contributed by atoms with van der Waals surface area (Å²) in [6, 6.07) is 7.90. The second-order valence-electron chi connectivity index (χ2n) is 7.31. The summed E-state index contributed by atoms with van der Waals surface area (Å²) in [5.41, 5.74) is 7.44. The SMILES string of the molecule is C=CC(=O)NC1CC[C@@H](Nc2cnc(C(N)=O)c(Nc3ccc(C)cc3)n2)[C@H]1C. The van der Waals surface area contributed by atoms with Gasteiger partial charge in [0.1, 0.15) is 5.82 Å². The van der Waals surface area contributed by atoms with Gasteiger partial charge in [-0.2, -0.15) is 0 Å². The van der Waals surface area contributed by atoms with Gasteiger partial charge in [-0.15, -0.1) is 0 Å². The number of benzene rings is 1. The first-order chi connectivity index (χ1) is 13.9. The molecule has 8 heteroatoms. The second kappa shape index (κ2) is 8.72. The number of nitrogens with zero attached hydrogens (tertiary/aromatic N) is 2. The number of carbonyl (C=O) groups excluding carboxylic acids is 2. The molecule has 1 unspecified atom stereocenters. The van der Waals surface area contributed by atoms with Crippen LogP contribution in [-0.4, -0.2) is 33.9 Å². The van der Waals surface area contributed by atoms with Gasteiger partial charge in [0.15, 0.2) is 11.5 Å². The van der Waals surface area contributed by atoms with E-state index in [4.69, 9.17) is 5.73 Å². The van der Waals surface area contributed by atoms with Crippen molar-refractivity contribution >= 4 is 29.1 Å². The highest BCUT2D eigenvalue weighted by Gasteiger charge is 2.33. The van der Waals surface area contributed by atoms with Crippen molar-refractivity contribution < 1.29 is 9.59 Å². The first kappa shape index (κ1) is 20.3. The van der Waals surface area contributed by atoms with Gasteiger partial charge >= 0.3 is 0 Å². The predicted molar refractivity (Wildman–Crippen MR) is 113 cm³/mol. The zero-order valence-corrected chi connectivity index (χ0v) is 16.6. The van der Waals surface area contributed by atoms with Gasteiger partial charge in [-0.05, 0) is 43.9 Å². The Bertz CT molecular complexity index is 912. The van der Waals surface area contributed by atoms with Gasteiger partial charge in [-0.3, -0.25) is 9.59 Å². The summed E-state index contributed by atoms with van der Waals surface area (Å²) >= 11 is 0. The van der Waals surface area contributed by atoms with Gasteiger partial charge in [-0.1, -0.05) is 31.2 Å². The molecule has 0 saturated heterocycles. The van der Waals surface area contributed by atoms with Crippen LogP contribution in [0, 0.1) is 12.8 Å². The standard InChI is InChI=1S/C21H26N6O2/c1-4-18(28)26-16-10-9-15(13(16)3)25-17-11-23-19(20(22)29)21(27-17)24-14-7-5-12(2)6-8-14/h4-8,11,13,15-16H,1,9-10H2,2-3H3,(H2,22,29)(H,26,28)(H2,24,25,27)/t13-,15-,16?/m1/s1. The van der Waals surface area contributed by atoms with Crippen molar-refractivity contribution in [3.63, 3.8) is 0 Å². The Morgan fingerprint density at radius 1 is 1.21 bits per heavy atom. The molecular weight excluding hydrogens is 368 g/mol. The molecule has 1 aliphatic carbocycles. The molecule has 1 aliphatic rings. The number of primary amides is 1. The first-order valence-corrected chi connectivity index (χ1v) is 9.57. The minimum absolute atomic E-state index is 0.0704. The minimum atomic E-state index is -0.653.